The average Bonchev–Trinajstić information content (AvgIpc) is 3.26. The largest absolute Gasteiger partial charge is 0.360 e. The Bertz CT molecular complexity index is 909. The number of rotatable bonds is 6. The third kappa shape index (κ3) is 3.85. The average molecular weight is 375 g/mol. The van der Waals surface area contributed by atoms with E-state index in [0.717, 1.165) is 19.3 Å². The molecule has 0 saturated carbocycles. The highest BCUT2D eigenvalue weighted by Gasteiger charge is 2.36. The number of nitrogens with zero attached hydrogens (tertiary/aromatic N) is 2. The lowest BCUT2D eigenvalue weighted by molar-refractivity contribution is -0.135. The molecule has 0 spiro atoms. The van der Waals surface area contributed by atoms with Crippen molar-refractivity contribution < 1.29 is 9.32 Å². The molecule has 1 aromatic heterocycles. The normalized spacial score (nSPS) is 18.5. The summed E-state index contributed by atoms with van der Waals surface area (Å²) in [6, 6.07) is 20.7. The van der Waals surface area contributed by atoms with Crippen LogP contribution in [0.15, 0.2) is 71.4 Å². The van der Waals surface area contributed by atoms with Crippen LogP contribution in [0, 0.1) is 5.92 Å². The van der Waals surface area contributed by atoms with Gasteiger partial charge in [0.2, 0.25) is 5.91 Å². The number of amides is 1. The number of benzene rings is 2. The highest BCUT2D eigenvalue weighted by atomic mass is 16.5. The summed E-state index contributed by atoms with van der Waals surface area (Å²) in [5, 5.41) is 3.79. The van der Waals surface area contributed by atoms with Crippen LogP contribution in [0.2, 0.25) is 0 Å². The third-order valence-electron chi connectivity index (χ3n) is 5.59. The van der Waals surface area contributed by atoms with Crippen LogP contribution in [0.1, 0.15) is 34.9 Å². The van der Waals surface area contributed by atoms with Crippen molar-refractivity contribution in [1.29, 1.82) is 0 Å². The van der Waals surface area contributed by atoms with Gasteiger partial charge in [0.25, 0.3) is 0 Å². The summed E-state index contributed by atoms with van der Waals surface area (Å²) < 4.78 is 5.31. The van der Waals surface area contributed by atoms with Gasteiger partial charge in [0, 0.05) is 6.07 Å². The molecule has 2 aromatic carbocycles. The molecule has 1 heterocycles. The molecule has 4 rings (SSSR count). The maximum atomic E-state index is 12.9. The van der Waals surface area contributed by atoms with Crippen LogP contribution in [-0.4, -0.2) is 22.5 Å². The molecule has 2 atom stereocenters. The predicted octanol–water partition coefficient (Wildman–Crippen LogP) is 3.51. The molecule has 0 fully saturated rings. The first kappa shape index (κ1) is 18.4. The van der Waals surface area contributed by atoms with E-state index in [-0.39, 0.29) is 18.5 Å². The molecule has 144 valence electrons. The van der Waals surface area contributed by atoms with E-state index >= 15 is 0 Å². The fourth-order valence-electron chi connectivity index (χ4n) is 4.31. The Balaban J connectivity index is 1.72. The molecule has 2 N–H and O–H groups in total. The Morgan fingerprint density at radius 1 is 1.11 bits per heavy atom. The number of carbonyl (C=O) groups excluding carboxylic acids is 1. The summed E-state index contributed by atoms with van der Waals surface area (Å²) >= 11 is 0. The zero-order chi connectivity index (χ0) is 19.3. The molecule has 0 aliphatic heterocycles. The van der Waals surface area contributed by atoms with Crippen molar-refractivity contribution in [2.24, 2.45) is 11.7 Å². The van der Waals surface area contributed by atoms with E-state index < -0.39 is 0 Å². The van der Waals surface area contributed by atoms with Gasteiger partial charge in [-0.1, -0.05) is 59.8 Å². The molecule has 1 amide bonds. The quantitative estimate of drug-likeness (QED) is 0.716. The Kier molecular flexibility index (Phi) is 5.53. The van der Waals surface area contributed by atoms with Crippen LogP contribution in [-0.2, 0) is 24.2 Å². The Morgan fingerprint density at radius 3 is 2.64 bits per heavy atom. The molecule has 0 bridgehead atoms. The second-order valence-electron chi connectivity index (χ2n) is 7.34. The molecule has 5 nitrogen and oxygen atoms in total. The number of carbonyl (C=O) groups is 1. The van der Waals surface area contributed by atoms with Gasteiger partial charge in [-0.25, -0.2) is 0 Å². The van der Waals surface area contributed by atoms with Crippen molar-refractivity contribution in [3.05, 3.63) is 89.3 Å². The number of aryl methyl sites for hydroxylation is 1. The molecule has 1 aliphatic carbocycles. The fraction of sp³-hybridized carbons (Fsp3) is 0.304. The van der Waals surface area contributed by atoms with Crippen LogP contribution in [0.3, 0.4) is 0 Å². The monoisotopic (exact) mass is 375 g/mol. The second-order valence-corrected chi connectivity index (χ2v) is 7.34. The zero-order valence-corrected chi connectivity index (χ0v) is 15.8. The molecule has 0 saturated heterocycles. The van der Waals surface area contributed by atoms with E-state index in [9.17, 15) is 4.79 Å². The third-order valence-corrected chi connectivity index (χ3v) is 5.59. The zero-order valence-electron chi connectivity index (χ0n) is 15.8. The molecular formula is C23H25N3O2. The van der Waals surface area contributed by atoms with E-state index in [4.69, 9.17) is 10.3 Å². The molecular weight excluding hydrogens is 350 g/mol. The van der Waals surface area contributed by atoms with Crippen molar-refractivity contribution in [3.8, 4) is 0 Å². The lowest BCUT2D eigenvalue weighted by Gasteiger charge is -2.41. The second kappa shape index (κ2) is 8.40. The molecule has 3 aromatic rings. The van der Waals surface area contributed by atoms with E-state index in [0.29, 0.717) is 18.2 Å². The fourth-order valence-corrected chi connectivity index (χ4v) is 4.31. The molecule has 2 unspecified atom stereocenters. The number of fused-ring (bicyclic) bond motifs is 1. The van der Waals surface area contributed by atoms with Gasteiger partial charge in [-0.2, -0.15) is 0 Å². The van der Waals surface area contributed by atoms with Crippen molar-refractivity contribution >= 4 is 5.91 Å². The van der Waals surface area contributed by atoms with Gasteiger partial charge < -0.3 is 15.2 Å². The van der Waals surface area contributed by atoms with E-state index in [1.807, 2.05) is 11.0 Å². The standard InChI is InChI=1S/C23H25N3O2/c24-15-22(27)26(16-20-12-13-25-28-20)23-19(14-17-6-2-1-3-7-17)11-10-18-8-4-5-9-21(18)23/h1-9,12-13,19,23H,10-11,14-16,24H2. The van der Waals surface area contributed by atoms with Crippen LogP contribution >= 0.6 is 0 Å². The highest BCUT2D eigenvalue weighted by molar-refractivity contribution is 5.78. The number of nitrogens with two attached hydrogens (primary N) is 1. The topological polar surface area (TPSA) is 72.4 Å². The molecule has 5 heteroatoms. The lowest BCUT2D eigenvalue weighted by atomic mass is 9.76. The first-order valence-electron chi connectivity index (χ1n) is 9.77. The minimum atomic E-state index is -0.0730. The smallest absolute Gasteiger partial charge is 0.237 e. The maximum Gasteiger partial charge on any atom is 0.237 e. The molecule has 0 radical (unpaired) electrons. The molecule has 28 heavy (non-hydrogen) atoms. The predicted molar refractivity (Wildman–Crippen MR) is 107 cm³/mol. The lowest BCUT2D eigenvalue weighted by Crippen LogP contribution is -2.43. The van der Waals surface area contributed by atoms with Crippen LogP contribution < -0.4 is 5.73 Å². The van der Waals surface area contributed by atoms with Gasteiger partial charge in [0.1, 0.15) is 0 Å². The highest BCUT2D eigenvalue weighted by Crippen LogP contribution is 2.41. The number of aromatic nitrogens is 1. The van der Waals surface area contributed by atoms with Crippen molar-refractivity contribution in [2.45, 2.75) is 31.8 Å². The minimum absolute atomic E-state index is 0.0230. The summed E-state index contributed by atoms with van der Waals surface area (Å²) in [6.07, 6.45) is 4.58. The van der Waals surface area contributed by atoms with Gasteiger partial charge >= 0.3 is 0 Å². The molecule has 1 aliphatic rings. The van der Waals surface area contributed by atoms with Crippen molar-refractivity contribution in [1.82, 2.24) is 10.1 Å². The van der Waals surface area contributed by atoms with Gasteiger partial charge in [-0.15, -0.1) is 0 Å². The van der Waals surface area contributed by atoms with Crippen LogP contribution in [0.25, 0.3) is 0 Å². The Labute approximate surface area is 165 Å². The summed E-state index contributed by atoms with van der Waals surface area (Å²) in [4.78, 5) is 14.8. The SMILES string of the molecule is NCC(=O)N(Cc1ccno1)C1c2ccccc2CCC1Cc1ccccc1. The van der Waals surface area contributed by atoms with Crippen LogP contribution in [0.5, 0.6) is 0 Å². The summed E-state index contributed by atoms with van der Waals surface area (Å²) in [5.74, 6) is 0.912. The van der Waals surface area contributed by atoms with Gasteiger partial charge in [-0.3, -0.25) is 4.79 Å². The van der Waals surface area contributed by atoms with Crippen molar-refractivity contribution in [2.75, 3.05) is 6.54 Å². The maximum absolute atomic E-state index is 12.9. The Morgan fingerprint density at radius 2 is 1.89 bits per heavy atom. The summed E-state index contributed by atoms with van der Waals surface area (Å²) in [6.45, 7) is 0.352. The van der Waals surface area contributed by atoms with Gasteiger partial charge in [-0.05, 0) is 41.9 Å². The van der Waals surface area contributed by atoms with Crippen LogP contribution in [0.4, 0.5) is 0 Å². The minimum Gasteiger partial charge on any atom is -0.360 e. The van der Waals surface area contributed by atoms with Crippen molar-refractivity contribution in [3.63, 3.8) is 0 Å². The van der Waals surface area contributed by atoms with E-state index in [1.165, 1.54) is 16.7 Å². The summed E-state index contributed by atoms with van der Waals surface area (Å²) in [7, 11) is 0. The van der Waals surface area contributed by atoms with Gasteiger partial charge in [0.15, 0.2) is 5.76 Å². The first-order valence-corrected chi connectivity index (χ1v) is 9.77. The first-order chi connectivity index (χ1) is 13.8. The van der Waals surface area contributed by atoms with E-state index in [1.54, 1.807) is 12.3 Å². The number of hydrogen-bond acceptors (Lipinski definition) is 4. The van der Waals surface area contributed by atoms with Gasteiger partial charge in [0.05, 0.1) is 25.3 Å². The number of hydrogen-bond donors (Lipinski definition) is 1. The van der Waals surface area contributed by atoms with E-state index in [2.05, 4.69) is 53.7 Å². The summed E-state index contributed by atoms with van der Waals surface area (Å²) in [5.41, 5.74) is 9.61. The Hall–Kier alpha value is -2.92.